The summed E-state index contributed by atoms with van der Waals surface area (Å²) in [5.74, 6) is -0.0689. The Balaban J connectivity index is 1.29. The van der Waals surface area contributed by atoms with Gasteiger partial charge in [0.05, 0.1) is 14.2 Å². The Morgan fingerprint density at radius 2 is 1.32 bits per heavy atom. The second-order valence-corrected chi connectivity index (χ2v) is 9.61. The summed E-state index contributed by atoms with van der Waals surface area (Å²) in [6.07, 6.45) is 0. The highest BCUT2D eigenvalue weighted by atomic mass is 16.5. The minimum absolute atomic E-state index is 0.0686. The Kier molecular flexibility index (Phi) is 6.66. The predicted molar refractivity (Wildman–Crippen MR) is 156 cm³/mol. The number of carbonyl (C=O) groups excluding carboxylic acids is 2. The number of hydrogen-bond acceptors (Lipinski definition) is 5. The van der Waals surface area contributed by atoms with Crippen LogP contribution >= 0.6 is 0 Å². The van der Waals surface area contributed by atoms with Gasteiger partial charge in [-0.2, -0.15) is 0 Å². The molecule has 6 nitrogen and oxygen atoms in total. The molecule has 0 aliphatic carbocycles. The molecule has 1 amide bonds. The van der Waals surface area contributed by atoms with Gasteiger partial charge in [0.15, 0.2) is 6.04 Å². The number of rotatable bonds is 8. The zero-order valence-corrected chi connectivity index (χ0v) is 22.1. The standard InChI is InChI=1S/C34H27NO5/c1-38-27-17-26(18-28(19-27)39-2)33(36)35-32(24-7-4-3-5-8-24)34(37)40-20-25-14-13-23-12-11-21-9-6-10-22-15-16-29(25)31(23)30(21)22/h3-19,32H,20H2,1-2H3,(H,35,36)/t32-/m1/s1. The molecule has 198 valence electrons. The van der Waals surface area contributed by atoms with Crippen molar-refractivity contribution in [3.8, 4) is 11.5 Å². The largest absolute Gasteiger partial charge is 0.497 e. The second-order valence-electron chi connectivity index (χ2n) is 9.61. The van der Waals surface area contributed by atoms with E-state index in [1.54, 1.807) is 30.3 Å². The van der Waals surface area contributed by atoms with E-state index >= 15 is 0 Å². The van der Waals surface area contributed by atoms with Crippen molar-refractivity contribution >= 4 is 44.2 Å². The Morgan fingerprint density at radius 1 is 0.700 bits per heavy atom. The number of hydrogen-bond donors (Lipinski definition) is 1. The molecule has 0 saturated heterocycles. The minimum Gasteiger partial charge on any atom is -0.497 e. The first-order valence-corrected chi connectivity index (χ1v) is 13.0. The molecule has 6 rings (SSSR count). The number of amides is 1. The van der Waals surface area contributed by atoms with Crippen LogP contribution in [0.15, 0.2) is 103 Å². The van der Waals surface area contributed by atoms with Gasteiger partial charge in [-0.15, -0.1) is 0 Å². The molecule has 40 heavy (non-hydrogen) atoms. The van der Waals surface area contributed by atoms with Crippen molar-refractivity contribution in [2.45, 2.75) is 12.6 Å². The van der Waals surface area contributed by atoms with Crippen molar-refractivity contribution in [3.63, 3.8) is 0 Å². The van der Waals surface area contributed by atoms with Gasteiger partial charge in [-0.3, -0.25) is 4.79 Å². The second kappa shape index (κ2) is 10.6. The molecule has 0 radical (unpaired) electrons. The maximum Gasteiger partial charge on any atom is 0.333 e. The van der Waals surface area contributed by atoms with Crippen LogP contribution in [0.1, 0.15) is 27.5 Å². The van der Waals surface area contributed by atoms with E-state index in [1.165, 1.54) is 30.4 Å². The third-order valence-electron chi connectivity index (χ3n) is 7.25. The lowest BCUT2D eigenvalue weighted by atomic mass is 9.92. The fourth-order valence-corrected chi connectivity index (χ4v) is 5.23. The van der Waals surface area contributed by atoms with Crippen LogP contribution < -0.4 is 14.8 Å². The first kappa shape index (κ1) is 25.2. The van der Waals surface area contributed by atoms with Gasteiger partial charge >= 0.3 is 5.97 Å². The maximum atomic E-state index is 13.5. The quantitative estimate of drug-likeness (QED) is 0.173. The third-order valence-corrected chi connectivity index (χ3v) is 7.25. The highest BCUT2D eigenvalue weighted by molar-refractivity contribution is 6.23. The summed E-state index contributed by atoms with van der Waals surface area (Å²) >= 11 is 0. The van der Waals surface area contributed by atoms with Crippen molar-refractivity contribution in [2.75, 3.05) is 14.2 Å². The molecule has 0 fully saturated rings. The van der Waals surface area contributed by atoms with Gasteiger partial charge < -0.3 is 19.5 Å². The lowest BCUT2D eigenvalue weighted by molar-refractivity contribution is -0.147. The summed E-state index contributed by atoms with van der Waals surface area (Å²) in [6.45, 7) is 0.0686. The number of carbonyl (C=O) groups is 2. The molecule has 0 unspecified atom stereocenters. The summed E-state index contributed by atoms with van der Waals surface area (Å²) in [4.78, 5) is 26.8. The molecule has 0 bridgehead atoms. The molecule has 0 aliphatic heterocycles. The van der Waals surface area contributed by atoms with Gasteiger partial charge in [-0.1, -0.05) is 84.9 Å². The van der Waals surface area contributed by atoms with Crippen LogP contribution in [-0.2, 0) is 16.1 Å². The Labute approximate surface area is 231 Å². The highest BCUT2D eigenvalue weighted by Crippen LogP contribution is 2.36. The summed E-state index contributed by atoms with van der Waals surface area (Å²) in [7, 11) is 3.03. The molecule has 0 saturated carbocycles. The molecule has 1 atom stereocenters. The van der Waals surface area contributed by atoms with Crippen molar-refractivity contribution in [2.24, 2.45) is 0 Å². The van der Waals surface area contributed by atoms with E-state index in [4.69, 9.17) is 14.2 Å². The normalized spacial score (nSPS) is 11.9. The van der Waals surface area contributed by atoms with Gasteiger partial charge in [0.2, 0.25) is 0 Å². The van der Waals surface area contributed by atoms with Crippen molar-refractivity contribution < 1.29 is 23.8 Å². The maximum absolute atomic E-state index is 13.5. The summed E-state index contributed by atoms with van der Waals surface area (Å²) in [5, 5.41) is 9.72. The first-order chi connectivity index (χ1) is 19.6. The molecular formula is C34H27NO5. The summed E-state index contributed by atoms with van der Waals surface area (Å²) in [5.41, 5.74) is 1.82. The average Bonchev–Trinajstić information content (AvgIpc) is 3.01. The Hall–Kier alpha value is -5.10. The van der Waals surface area contributed by atoms with Crippen LogP contribution in [0.4, 0.5) is 0 Å². The third kappa shape index (κ3) is 4.64. The minimum atomic E-state index is -1.01. The Morgan fingerprint density at radius 3 is 2.00 bits per heavy atom. The van der Waals surface area contributed by atoms with Gasteiger partial charge in [-0.25, -0.2) is 4.79 Å². The SMILES string of the molecule is COc1cc(OC)cc(C(=O)N[C@@H](C(=O)OCc2ccc3ccc4cccc5ccc2c3c45)c2ccccc2)c1. The fraction of sp³-hybridized carbons (Fsp3) is 0.118. The average molecular weight is 530 g/mol. The lowest BCUT2D eigenvalue weighted by Crippen LogP contribution is -2.35. The number of ether oxygens (including phenoxy) is 3. The van der Waals surface area contributed by atoms with Gasteiger partial charge in [-0.05, 0) is 55.6 Å². The van der Waals surface area contributed by atoms with E-state index in [9.17, 15) is 9.59 Å². The fourth-order valence-electron chi connectivity index (χ4n) is 5.23. The van der Waals surface area contributed by atoms with E-state index in [0.29, 0.717) is 22.6 Å². The Bertz CT molecular complexity index is 1810. The topological polar surface area (TPSA) is 73.9 Å². The number of benzene rings is 6. The van der Waals surface area contributed by atoms with Crippen LogP contribution in [-0.4, -0.2) is 26.1 Å². The van der Waals surface area contributed by atoms with E-state index in [2.05, 4.69) is 53.8 Å². The van der Waals surface area contributed by atoms with Crippen molar-refractivity contribution in [1.29, 1.82) is 0 Å². The van der Waals surface area contributed by atoms with E-state index in [1.807, 2.05) is 24.3 Å². The van der Waals surface area contributed by atoms with Crippen LogP contribution in [0.2, 0.25) is 0 Å². The van der Waals surface area contributed by atoms with Crippen LogP contribution in [0.3, 0.4) is 0 Å². The summed E-state index contributed by atoms with van der Waals surface area (Å²) < 4.78 is 16.5. The molecule has 6 aromatic carbocycles. The van der Waals surface area contributed by atoms with Crippen LogP contribution in [0.5, 0.6) is 11.5 Å². The molecule has 0 heterocycles. The smallest absolute Gasteiger partial charge is 0.333 e. The van der Waals surface area contributed by atoms with Crippen LogP contribution in [0.25, 0.3) is 32.3 Å². The molecule has 6 heteroatoms. The highest BCUT2D eigenvalue weighted by Gasteiger charge is 2.26. The molecule has 0 spiro atoms. The number of esters is 1. The number of methoxy groups -OCH3 is 2. The van der Waals surface area contributed by atoms with E-state index in [0.717, 1.165) is 21.7 Å². The van der Waals surface area contributed by atoms with Gasteiger partial charge in [0.25, 0.3) is 5.91 Å². The summed E-state index contributed by atoms with van der Waals surface area (Å²) in [6, 6.07) is 31.7. The van der Waals surface area contributed by atoms with Gasteiger partial charge in [0.1, 0.15) is 18.1 Å². The molecule has 0 aliphatic rings. The van der Waals surface area contributed by atoms with Crippen LogP contribution in [0, 0.1) is 0 Å². The zero-order valence-electron chi connectivity index (χ0n) is 22.1. The predicted octanol–water partition coefficient (Wildman–Crippen LogP) is 6.82. The van der Waals surface area contributed by atoms with E-state index in [-0.39, 0.29) is 6.61 Å². The molecule has 1 N–H and O–H groups in total. The zero-order chi connectivity index (χ0) is 27.6. The van der Waals surface area contributed by atoms with Gasteiger partial charge in [0, 0.05) is 11.6 Å². The number of nitrogens with one attached hydrogen (secondary N) is 1. The lowest BCUT2D eigenvalue weighted by Gasteiger charge is -2.19. The molecular weight excluding hydrogens is 502 g/mol. The molecule has 0 aromatic heterocycles. The monoisotopic (exact) mass is 529 g/mol. The first-order valence-electron chi connectivity index (χ1n) is 13.0. The van der Waals surface area contributed by atoms with Crippen molar-refractivity contribution in [3.05, 3.63) is 120 Å². The molecule has 6 aromatic rings. The van der Waals surface area contributed by atoms with Crippen molar-refractivity contribution in [1.82, 2.24) is 5.32 Å². The van der Waals surface area contributed by atoms with E-state index < -0.39 is 17.9 Å².